The van der Waals surface area contributed by atoms with E-state index in [0.29, 0.717) is 12.5 Å². The summed E-state index contributed by atoms with van der Waals surface area (Å²) in [4.78, 5) is 16.8. The van der Waals surface area contributed by atoms with Crippen molar-refractivity contribution in [2.45, 2.75) is 45.6 Å². The first-order valence-electron chi connectivity index (χ1n) is 6.98. The highest BCUT2D eigenvalue weighted by molar-refractivity contribution is 7.09. The standard InChI is InChI=1S/C14H23N3OS/c1-10-3-5-14(9-15,6-4-10)13(18)17-11(2)12-16-7-8-19-12/h7-8,10-11H,3-6,9,15H2,1-2H3,(H,17,18). The zero-order valence-corrected chi connectivity index (χ0v) is 12.5. The second kappa shape index (κ2) is 6.01. The van der Waals surface area contributed by atoms with Gasteiger partial charge in [0, 0.05) is 18.1 Å². The van der Waals surface area contributed by atoms with Gasteiger partial charge in [-0.2, -0.15) is 0 Å². The van der Waals surface area contributed by atoms with Crippen molar-refractivity contribution in [2.24, 2.45) is 17.1 Å². The van der Waals surface area contributed by atoms with Gasteiger partial charge in [-0.1, -0.05) is 6.92 Å². The fraction of sp³-hybridized carbons (Fsp3) is 0.714. The van der Waals surface area contributed by atoms with Crippen LogP contribution in [0.3, 0.4) is 0 Å². The first-order chi connectivity index (χ1) is 9.07. The third-order valence-electron chi connectivity index (χ3n) is 4.27. The highest BCUT2D eigenvalue weighted by atomic mass is 32.1. The molecule has 0 aliphatic heterocycles. The van der Waals surface area contributed by atoms with Crippen molar-refractivity contribution >= 4 is 17.2 Å². The Morgan fingerprint density at radius 1 is 1.63 bits per heavy atom. The molecule has 2 rings (SSSR count). The van der Waals surface area contributed by atoms with E-state index in [4.69, 9.17) is 5.73 Å². The first-order valence-corrected chi connectivity index (χ1v) is 7.86. The maximum atomic E-state index is 12.5. The molecule has 1 saturated carbocycles. The lowest BCUT2D eigenvalue weighted by atomic mass is 9.70. The number of thiazole rings is 1. The molecule has 4 nitrogen and oxygen atoms in total. The second-order valence-electron chi connectivity index (χ2n) is 5.73. The minimum Gasteiger partial charge on any atom is -0.347 e. The fourth-order valence-electron chi connectivity index (χ4n) is 2.70. The molecule has 0 spiro atoms. The molecular formula is C14H23N3OS. The number of aromatic nitrogens is 1. The SMILES string of the molecule is CC1CCC(CN)(C(=O)NC(C)c2nccs2)CC1. The van der Waals surface area contributed by atoms with E-state index >= 15 is 0 Å². The van der Waals surface area contributed by atoms with Gasteiger partial charge in [0.15, 0.2) is 0 Å². The Morgan fingerprint density at radius 2 is 2.32 bits per heavy atom. The molecule has 1 unspecified atom stereocenters. The molecular weight excluding hydrogens is 258 g/mol. The summed E-state index contributed by atoms with van der Waals surface area (Å²) in [6, 6.07) is -0.0322. The summed E-state index contributed by atoms with van der Waals surface area (Å²) >= 11 is 1.57. The molecule has 1 amide bonds. The van der Waals surface area contributed by atoms with Crippen LogP contribution in [-0.4, -0.2) is 17.4 Å². The number of carbonyl (C=O) groups is 1. The van der Waals surface area contributed by atoms with E-state index in [1.54, 1.807) is 17.5 Å². The molecule has 3 N–H and O–H groups in total. The predicted molar refractivity (Wildman–Crippen MR) is 77.8 cm³/mol. The molecule has 0 aromatic carbocycles. The number of nitrogens with one attached hydrogen (secondary N) is 1. The van der Waals surface area contributed by atoms with Gasteiger partial charge in [0.25, 0.3) is 0 Å². The summed E-state index contributed by atoms with van der Waals surface area (Å²) in [6.07, 6.45) is 5.76. The Labute approximate surface area is 118 Å². The van der Waals surface area contributed by atoms with E-state index in [2.05, 4.69) is 17.2 Å². The van der Waals surface area contributed by atoms with Crippen LogP contribution in [0.25, 0.3) is 0 Å². The van der Waals surface area contributed by atoms with E-state index in [1.165, 1.54) is 0 Å². The number of hydrogen-bond acceptors (Lipinski definition) is 4. The van der Waals surface area contributed by atoms with Crippen LogP contribution in [0.1, 0.15) is 50.6 Å². The highest BCUT2D eigenvalue weighted by Gasteiger charge is 2.40. The molecule has 1 atom stereocenters. The predicted octanol–water partition coefficient (Wildman–Crippen LogP) is 2.48. The largest absolute Gasteiger partial charge is 0.347 e. The molecule has 1 aromatic rings. The van der Waals surface area contributed by atoms with Crippen molar-refractivity contribution in [2.75, 3.05) is 6.54 Å². The first kappa shape index (κ1) is 14.5. The summed E-state index contributed by atoms with van der Waals surface area (Å²) < 4.78 is 0. The molecule has 1 fully saturated rings. The van der Waals surface area contributed by atoms with Gasteiger partial charge in [0.1, 0.15) is 5.01 Å². The lowest BCUT2D eigenvalue weighted by molar-refractivity contribution is -0.133. The number of carbonyl (C=O) groups excluding carboxylic acids is 1. The summed E-state index contributed by atoms with van der Waals surface area (Å²) in [5, 5.41) is 5.97. The fourth-order valence-corrected chi connectivity index (χ4v) is 3.34. The number of amides is 1. The van der Waals surface area contributed by atoms with Gasteiger partial charge < -0.3 is 11.1 Å². The zero-order valence-electron chi connectivity index (χ0n) is 11.7. The summed E-state index contributed by atoms with van der Waals surface area (Å²) in [7, 11) is 0. The lowest BCUT2D eigenvalue weighted by Crippen LogP contribution is -2.48. The third kappa shape index (κ3) is 3.15. The lowest BCUT2D eigenvalue weighted by Gasteiger charge is -2.37. The molecule has 19 heavy (non-hydrogen) atoms. The highest BCUT2D eigenvalue weighted by Crippen LogP contribution is 2.38. The van der Waals surface area contributed by atoms with Crippen molar-refractivity contribution in [1.29, 1.82) is 0 Å². The molecule has 1 heterocycles. The van der Waals surface area contributed by atoms with E-state index < -0.39 is 0 Å². The van der Waals surface area contributed by atoms with Crippen LogP contribution in [0.5, 0.6) is 0 Å². The molecule has 0 saturated heterocycles. The normalized spacial score (nSPS) is 28.9. The van der Waals surface area contributed by atoms with Crippen LogP contribution < -0.4 is 11.1 Å². The summed E-state index contributed by atoms with van der Waals surface area (Å²) in [5.74, 6) is 0.813. The molecule has 1 aliphatic carbocycles. The van der Waals surface area contributed by atoms with Crippen LogP contribution in [0, 0.1) is 11.3 Å². The Balaban J connectivity index is 2.01. The van der Waals surface area contributed by atoms with E-state index in [1.807, 2.05) is 12.3 Å². The quantitative estimate of drug-likeness (QED) is 0.891. The van der Waals surface area contributed by atoms with Crippen molar-refractivity contribution < 1.29 is 4.79 Å². The molecule has 5 heteroatoms. The van der Waals surface area contributed by atoms with Crippen LogP contribution in [0.2, 0.25) is 0 Å². The van der Waals surface area contributed by atoms with Gasteiger partial charge in [-0.25, -0.2) is 4.98 Å². The van der Waals surface area contributed by atoms with Crippen molar-refractivity contribution in [3.63, 3.8) is 0 Å². The minimum absolute atomic E-state index is 0.0322. The number of hydrogen-bond donors (Lipinski definition) is 2. The van der Waals surface area contributed by atoms with Crippen molar-refractivity contribution in [3.05, 3.63) is 16.6 Å². The molecule has 1 aromatic heterocycles. The topological polar surface area (TPSA) is 68.0 Å². The van der Waals surface area contributed by atoms with Crippen molar-refractivity contribution in [3.8, 4) is 0 Å². The average Bonchev–Trinajstić information content (AvgIpc) is 2.94. The van der Waals surface area contributed by atoms with Gasteiger partial charge in [0.2, 0.25) is 5.91 Å². The van der Waals surface area contributed by atoms with E-state index in [9.17, 15) is 4.79 Å². The van der Waals surface area contributed by atoms with Gasteiger partial charge in [-0.15, -0.1) is 11.3 Å². The Morgan fingerprint density at radius 3 is 2.84 bits per heavy atom. The van der Waals surface area contributed by atoms with Crippen LogP contribution in [-0.2, 0) is 4.79 Å². The van der Waals surface area contributed by atoms with Crippen molar-refractivity contribution in [1.82, 2.24) is 10.3 Å². The van der Waals surface area contributed by atoms with Crippen LogP contribution in [0.15, 0.2) is 11.6 Å². The molecule has 106 valence electrons. The smallest absolute Gasteiger partial charge is 0.228 e. The van der Waals surface area contributed by atoms with E-state index in [0.717, 1.165) is 30.7 Å². The van der Waals surface area contributed by atoms with Crippen LogP contribution >= 0.6 is 11.3 Å². The van der Waals surface area contributed by atoms with Gasteiger partial charge in [0.05, 0.1) is 11.5 Å². The summed E-state index contributed by atoms with van der Waals surface area (Å²) in [5.41, 5.74) is 5.54. The number of rotatable bonds is 4. The third-order valence-corrected chi connectivity index (χ3v) is 5.23. The monoisotopic (exact) mass is 281 g/mol. The molecule has 0 radical (unpaired) electrons. The second-order valence-corrected chi connectivity index (χ2v) is 6.66. The van der Waals surface area contributed by atoms with Gasteiger partial charge in [-0.3, -0.25) is 4.79 Å². The Kier molecular flexibility index (Phi) is 4.58. The molecule has 1 aliphatic rings. The van der Waals surface area contributed by atoms with Crippen LogP contribution in [0.4, 0.5) is 0 Å². The average molecular weight is 281 g/mol. The zero-order chi connectivity index (χ0) is 13.9. The Hall–Kier alpha value is -0.940. The number of nitrogens with two attached hydrogens (primary N) is 1. The van der Waals surface area contributed by atoms with Gasteiger partial charge >= 0.3 is 0 Å². The maximum absolute atomic E-state index is 12.5. The van der Waals surface area contributed by atoms with E-state index in [-0.39, 0.29) is 17.4 Å². The molecule has 0 bridgehead atoms. The Bertz CT molecular complexity index is 410. The minimum atomic E-state index is -0.363. The summed E-state index contributed by atoms with van der Waals surface area (Å²) in [6.45, 7) is 4.67. The van der Waals surface area contributed by atoms with Gasteiger partial charge in [-0.05, 0) is 38.5 Å². The maximum Gasteiger partial charge on any atom is 0.228 e. The number of nitrogens with zero attached hydrogens (tertiary/aromatic N) is 1.